The Kier molecular flexibility index (Phi) is 6.71. The molecule has 0 unspecified atom stereocenters. The van der Waals surface area contributed by atoms with Crippen LogP contribution < -0.4 is 16.0 Å². The summed E-state index contributed by atoms with van der Waals surface area (Å²) in [5.74, 6) is -0.697. The smallest absolute Gasteiger partial charge is 0.397 e. The summed E-state index contributed by atoms with van der Waals surface area (Å²) in [5.41, 5.74) is 8.15. The summed E-state index contributed by atoms with van der Waals surface area (Å²) in [6.45, 7) is 1.90. The highest BCUT2D eigenvalue weighted by molar-refractivity contribution is 7.21. The number of thiophene rings is 1. The molecular formula is C30H19ClF3N4O3S+. The molecular weight excluding hydrogens is 589 g/mol. The molecule has 7 nitrogen and oxygen atoms in total. The number of aryl methyl sites for hydroxylation is 1. The molecule has 0 amide bonds. The zero-order chi connectivity index (χ0) is 29.8. The number of H-pyrrole nitrogens is 1. The molecule has 0 saturated carbocycles. The minimum atomic E-state index is -4.51. The van der Waals surface area contributed by atoms with Crippen molar-refractivity contribution in [3.05, 3.63) is 116 Å². The molecule has 0 aliphatic carbocycles. The van der Waals surface area contributed by atoms with Gasteiger partial charge in [-0.25, -0.2) is 9.78 Å². The van der Waals surface area contributed by atoms with Gasteiger partial charge in [-0.1, -0.05) is 53.6 Å². The van der Waals surface area contributed by atoms with E-state index in [0.29, 0.717) is 43.3 Å². The Morgan fingerprint density at radius 1 is 1.00 bits per heavy atom. The number of nitrogens with one attached hydrogen (secondary N) is 1. The van der Waals surface area contributed by atoms with Crippen molar-refractivity contribution in [3.8, 4) is 28.1 Å². The van der Waals surface area contributed by atoms with Crippen molar-refractivity contribution < 1.29 is 27.2 Å². The van der Waals surface area contributed by atoms with Gasteiger partial charge in [0, 0.05) is 28.1 Å². The highest BCUT2D eigenvalue weighted by atomic mass is 35.5. The summed E-state index contributed by atoms with van der Waals surface area (Å²) < 4.78 is 46.0. The molecule has 3 N–H and O–H groups in total. The molecule has 0 aliphatic rings. The minimum absolute atomic E-state index is 0.0340. The van der Waals surface area contributed by atoms with E-state index < -0.39 is 23.1 Å². The number of nitrogens with zero attached hydrogens (tertiary/aromatic N) is 2. The summed E-state index contributed by atoms with van der Waals surface area (Å²) in [6, 6.07) is 20.3. The van der Waals surface area contributed by atoms with Gasteiger partial charge in [0.2, 0.25) is 5.69 Å². The Balaban J connectivity index is 1.55. The number of aromatic nitrogens is 3. The molecule has 0 atom stereocenters. The number of hydrogen-bond donors (Lipinski definition) is 2. The Labute approximate surface area is 244 Å². The van der Waals surface area contributed by atoms with Gasteiger partial charge in [-0.2, -0.15) is 13.2 Å². The lowest BCUT2D eigenvalue weighted by Crippen LogP contribution is -2.41. The maximum atomic E-state index is 13.8. The van der Waals surface area contributed by atoms with Crippen LogP contribution in [0, 0.1) is 6.92 Å². The third-order valence-corrected chi connectivity index (χ3v) is 8.07. The van der Waals surface area contributed by atoms with Crippen LogP contribution >= 0.6 is 22.9 Å². The van der Waals surface area contributed by atoms with Crippen LogP contribution in [0.25, 0.3) is 38.3 Å². The first-order valence-corrected chi connectivity index (χ1v) is 13.6. The molecule has 0 fully saturated rings. The summed E-state index contributed by atoms with van der Waals surface area (Å²) in [6.07, 6.45) is -4.51. The molecule has 0 saturated heterocycles. The number of carbonyl (C=O) groups excluding carboxylic acids is 1. The predicted octanol–water partition coefficient (Wildman–Crippen LogP) is 6.98. The van der Waals surface area contributed by atoms with Gasteiger partial charge in [0.05, 0.1) is 16.9 Å². The number of fused-ring (bicyclic) bond motifs is 1. The second-order valence-electron chi connectivity index (χ2n) is 9.49. The Morgan fingerprint density at radius 2 is 1.64 bits per heavy atom. The standard InChI is InChI=1S/C30H18ClF3N4O3S/c1-15-2-12-20(13-3-15)38-25(29(40)41-37-38)26(39)27-24(35)23-21(16-4-8-18(9-5-16)30(32,33)34)14-22(36-28(23)42-27)17-6-10-19(31)11-7-17/h2-14H,1H3,(H2-,35,37,39,40)/p+1. The Hall–Kier alpha value is -4.74. The van der Waals surface area contributed by atoms with E-state index in [-0.39, 0.29) is 16.3 Å². The van der Waals surface area contributed by atoms with Gasteiger partial charge in [0.15, 0.2) is 0 Å². The lowest BCUT2D eigenvalue weighted by atomic mass is 9.98. The average Bonchev–Trinajstić information content (AvgIpc) is 3.52. The predicted molar refractivity (Wildman–Crippen MR) is 154 cm³/mol. The van der Waals surface area contributed by atoms with E-state index in [0.717, 1.165) is 29.0 Å². The van der Waals surface area contributed by atoms with E-state index in [1.165, 1.54) is 16.8 Å². The van der Waals surface area contributed by atoms with Gasteiger partial charge in [-0.3, -0.25) is 9.32 Å². The number of pyridine rings is 1. The molecule has 0 spiro atoms. The van der Waals surface area contributed by atoms with Gasteiger partial charge < -0.3 is 5.73 Å². The van der Waals surface area contributed by atoms with Crippen molar-refractivity contribution >= 4 is 44.6 Å². The Bertz CT molecular complexity index is 2030. The number of carbonyl (C=O) groups is 1. The lowest BCUT2D eigenvalue weighted by molar-refractivity contribution is -0.672. The van der Waals surface area contributed by atoms with Crippen LogP contribution in [0.1, 0.15) is 26.5 Å². The highest BCUT2D eigenvalue weighted by Crippen LogP contribution is 2.42. The van der Waals surface area contributed by atoms with Gasteiger partial charge in [-0.15, -0.1) is 11.3 Å². The number of nitrogen functional groups attached to an aromatic ring is 1. The normalized spacial score (nSPS) is 11.7. The van der Waals surface area contributed by atoms with Crippen LogP contribution in [0.2, 0.25) is 5.02 Å². The number of rotatable bonds is 5. The monoisotopic (exact) mass is 607 g/mol. The second kappa shape index (κ2) is 10.3. The molecule has 6 aromatic rings. The molecule has 0 aliphatic heterocycles. The number of anilines is 1. The summed E-state index contributed by atoms with van der Waals surface area (Å²) in [7, 11) is 0. The number of ketones is 1. The number of halogens is 4. The van der Waals surface area contributed by atoms with Crippen LogP contribution in [0.3, 0.4) is 0 Å². The topological polar surface area (TPSA) is 106 Å². The van der Waals surface area contributed by atoms with E-state index in [9.17, 15) is 22.8 Å². The minimum Gasteiger partial charge on any atom is -0.397 e. The van der Waals surface area contributed by atoms with E-state index in [1.807, 2.05) is 19.1 Å². The van der Waals surface area contributed by atoms with Crippen molar-refractivity contribution in [3.63, 3.8) is 0 Å². The zero-order valence-corrected chi connectivity index (χ0v) is 23.2. The van der Waals surface area contributed by atoms with Gasteiger partial charge in [-0.05, 0) is 58.3 Å². The molecule has 42 heavy (non-hydrogen) atoms. The van der Waals surface area contributed by atoms with E-state index >= 15 is 0 Å². The Morgan fingerprint density at radius 3 is 2.29 bits per heavy atom. The first-order chi connectivity index (χ1) is 20.0. The molecule has 3 aromatic carbocycles. The fourth-order valence-electron chi connectivity index (χ4n) is 4.57. The average molecular weight is 608 g/mol. The SMILES string of the molecule is Cc1ccc(-[n+]2[nH]oc(=O)c2C(=O)c2sc3nc(-c4ccc(Cl)cc4)cc(-c4ccc(C(F)(F)F)cc4)c3c2N)cc1. The van der Waals surface area contributed by atoms with Crippen LogP contribution in [-0.2, 0) is 6.18 Å². The van der Waals surface area contributed by atoms with E-state index in [4.69, 9.17) is 26.8 Å². The van der Waals surface area contributed by atoms with Crippen LogP contribution in [-0.4, -0.2) is 16.0 Å². The fraction of sp³-hybridized carbons (Fsp3) is 0.0667. The van der Waals surface area contributed by atoms with Crippen molar-refractivity contribution in [2.75, 3.05) is 5.73 Å². The zero-order valence-electron chi connectivity index (χ0n) is 21.6. The number of benzene rings is 3. The van der Waals surface area contributed by atoms with Gasteiger partial charge in [0.25, 0.3) is 5.78 Å². The highest BCUT2D eigenvalue weighted by Gasteiger charge is 2.35. The van der Waals surface area contributed by atoms with Crippen LogP contribution in [0.5, 0.6) is 0 Å². The molecule has 6 rings (SSSR count). The summed E-state index contributed by atoms with van der Waals surface area (Å²) >= 11 is 7.03. The number of alkyl halides is 3. The quantitative estimate of drug-likeness (QED) is 0.162. The van der Waals surface area contributed by atoms with E-state index in [1.54, 1.807) is 42.5 Å². The number of aromatic amines is 1. The fourth-order valence-corrected chi connectivity index (χ4v) is 5.76. The molecule has 0 radical (unpaired) electrons. The maximum Gasteiger partial charge on any atom is 0.439 e. The van der Waals surface area contributed by atoms with Gasteiger partial charge >= 0.3 is 17.5 Å². The van der Waals surface area contributed by atoms with Crippen molar-refractivity contribution in [1.82, 2.24) is 10.3 Å². The summed E-state index contributed by atoms with van der Waals surface area (Å²) in [4.78, 5) is 31.7. The third kappa shape index (κ3) is 4.86. The number of nitrogens with two attached hydrogens (primary N) is 1. The van der Waals surface area contributed by atoms with Crippen molar-refractivity contribution in [2.24, 2.45) is 0 Å². The van der Waals surface area contributed by atoms with E-state index in [2.05, 4.69) is 5.27 Å². The first kappa shape index (κ1) is 27.4. The van der Waals surface area contributed by atoms with Crippen molar-refractivity contribution in [2.45, 2.75) is 13.1 Å². The third-order valence-electron chi connectivity index (χ3n) is 6.72. The second-order valence-corrected chi connectivity index (χ2v) is 10.9. The van der Waals surface area contributed by atoms with Crippen LogP contribution in [0.15, 0.2) is 88.2 Å². The lowest BCUT2D eigenvalue weighted by Gasteiger charge is -2.11. The van der Waals surface area contributed by atoms with Crippen LogP contribution in [0.4, 0.5) is 18.9 Å². The largest absolute Gasteiger partial charge is 0.439 e. The number of hydrogen-bond acceptors (Lipinski definition) is 6. The molecule has 0 bridgehead atoms. The first-order valence-electron chi connectivity index (χ1n) is 12.4. The maximum absolute atomic E-state index is 13.8. The molecule has 12 heteroatoms. The van der Waals surface area contributed by atoms with Crippen molar-refractivity contribution in [1.29, 1.82) is 0 Å². The molecule has 3 heterocycles. The molecule has 3 aromatic heterocycles. The summed E-state index contributed by atoms with van der Waals surface area (Å²) in [5, 5.41) is 3.35. The van der Waals surface area contributed by atoms with Gasteiger partial charge in [0.1, 0.15) is 9.71 Å². The molecule has 210 valence electrons.